The minimum absolute atomic E-state index is 0.380. The summed E-state index contributed by atoms with van der Waals surface area (Å²) in [5.41, 5.74) is 0.393. The molecular weight excluding hydrogens is 227 g/mol. The summed E-state index contributed by atoms with van der Waals surface area (Å²) < 4.78 is 5.10. The van der Waals surface area contributed by atoms with Crippen LogP contribution in [0.4, 0.5) is 0 Å². The molecule has 0 rings (SSSR count). The molecule has 2 heteroatoms. The lowest BCUT2D eigenvalue weighted by atomic mass is 9.90. The van der Waals surface area contributed by atoms with E-state index < -0.39 is 0 Å². The molecule has 0 aliphatic rings. The Balaban J connectivity index is 3.47. The van der Waals surface area contributed by atoms with Crippen LogP contribution in [-0.2, 0) is 3.07 Å². The number of hydrogen-bond acceptors (Lipinski definition) is 1. The van der Waals surface area contributed by atoms with Crippen LogP contribution in [0, 0.1) is 5.41 Å². The zero-order valence-corrected chi connectivity index (χ0v) is 8.73. The highest BCUT2D eigenvalue weighted by molar-refractivity contribution is 14.1. The fourth-order valence-corrected chi connectivity index (χ4v) is 1.07. The van der Waals surface area contributed by atoms with Crippen molar-refractivity contribution in [2.75, 3.05) is 0 Å². The van der Waals surface area contributed by atoms with E-state index in [0.29, 0.717) is 11.5 Å². The highest BCUT2D eigenvalue weighted by Gasteiger charge is 2.14. The second kappa shape index (κ2) is 3.76. The maximum Gasteiger partial charge on any atom is 0.110 e. The Morgan fingerprint density at radius 1 is 1.44 bits per heavy atom. The summed E-state index contributed by atoms with van der Waals surface area (Å²) in [5, 5.41) is 0. The smallest absolute Gasteiger partial charge is 0.110 e. The maximum absolute atomic E-state index is 5.10. The van der Waals surface area contributed by atoms with Crippen LogP contribution in [0.2, 0.25) is 0 Å². The van der Waals surface area contributed by atoms with Crippen LogP contribution < -0.4 is 0 Å². The second-order valence-electron chi connectivity index (χ2n) is 3.66. The predicted octanol–water partition coefficient (Wildman–Crippen LogP) is 3.18. The molecule has 0 aromatic carbocycles. The number of hydrogen-bond donors (Lipinski definition) is 0. The zero-order valence-electron chi connectivity index (χ0n) is 6.57. The van der Waals surface area contributed by atoms with Gasteiger partial charge in [0, 0.05) is 0 Å². The van der Waals surface area contributed by atoms with Crippen molar-refractivity contribution in [3.8, 4) is 0 Å². The lowest BCUT2D eigenvalue weighted by Crippen LogP contribution is -2.14. The van der Waals surface area contributed by atoms with E-state index in [1.807, 2.05) is 23.0 Å². The van der Waals surface area contributed by atoms with Crippen LogP contribution in [0.3, 0.4) is 0 Å². The highest BCUT2D eigenvalue weighted by Crippen LogP contribution is 2.22. The zero-order chi connectivity index (χ0) is 7.49. The van der Waals surface area contributed by atoms with Crippen molar-refractivity contribution in [2.24, 2.45) is 5.41 Å². The largest absolute Gasteiger partial charge is 0.313 e. The van der Waals surface area contributed by atoms with E-state index in [4.69, 9.17) is 3.07 Å². The van der Waals surface area contributed by atoms with Gasteiger partial charge in [-0.05, 0) is 18.8 Å². The van der Waals surface area contributed by atoms with Crippen LogP contribution in [0.1, 0.15) is 34.1 Å². The third kappa shape index (κ3) is 6.58. The van der Waals surface area contributed by atoms with E-state index in [0.717, 1.165) is 6.42 Å². The van der Waals surface area contributed by atoms with Gasteiger partial charge in [-0.25, -0.2) is 0 Å². The standard InChI is InChI=1S/C7H15IO/c1-6(9-8)5-7(2,3)4/h6H,5H2,1-4H3/t6-/m1/s1. The molecule has 0 aromatic rings. The molecule has 56 valence electrons. The molecule has 0 heterocycles. The van der Waals surface area contributed by atoms with Gasteiger partial charge in [-0.2, -0.15) is 0 Å². The van der Waals surface area contributed by atoms with Crippen LogP contribution in [-0.4, -0.2) is 6.10 Å². The Bertz CT molecular complexity index is 75.5. The van der Waals surface area contributed by atoms with Gasteiger partial charge in [0.05, 0.1) is 6.10 Å². The molecule has 0 aliphatic carbocycles. The minimum Gasteiger partial charge on any atom is -0.313 e. The Hall–Kier alpha value is 0.690. The average Bonchev–Trinajstić information content (AvgIpc) is 1.62. The van der Waals surface area contributed by atoms with Gasteiger partial charge in [-0.3, -0.25) is 0 Å². The fraction of sp³-hybridized carbons (Fsp3) is 1.00. The monoisotopic (exact) mass is 242 g/mol. The average molecular weight is 242 g/mol. The van der Waals surface area contributed by atoms with E-state index >= 15 is 0 Å². The van der Waals surface area contributed by atoms with Crippen molar-refractivity contribution in [3.63, 3.8) is 0 Å². The molecule has 0 saturated heterocycles. The summed E-state index contributed by atoms with van der Waals surface area (Å²) in [6, 6.07) is 0. The predicted molar refractivity (Wildman–Crippen MR) is 48.6 cm³/mol. The molecule has 0 bridgehead atoms. The van der Waals surface area contributed by atoms with Crippen LogP contribution >= 0.6 is 23.0 Å². The summed E-state index contributed by atoms with van der Waals surface area (Å²) in [5.74, 6) is 0. The Kier molecular flexibility index (Phi) is 4.05. The van der Waals surface area contributed by atoms with Gasteiger partial charge >= 0.3 is 0 Å². The molecule has 0 aliphatic heterocycles. The first-order valence-electron chi connectivity index (χ1n) is 3.23. The topological polar surface area (TPSA) is 9.23 Å². The van der Waals surface area contributed by atoms with Gasteiger partial charge in [-0.1, -0.05) is 20.8 Å². The molecule has 1 atom stereocenters. The number of halogens is 1. The number of rotatable bonds is 2. The maximum atomic E-state index is 5.10. The lowest BCUT2D eigenvalue weighted by molar-refractivity contribution is 0.213. The summed E-state index contributed by atoms with van der Waals surface area (Å²) in [6.45, 7) is 8.76. The Morgan fingerprint density at radius 2 is 1.89 bits per heavy atom. The van der Waals surface area contributed by atoms with E-state index in [2.05, 4.69) is 27.7 Å². The van der Waals surface area contributed by atoms with Gasteiger partial charge in [0.1, 0.15) is 23.0 Å². The van der Waals surface area contributed by atoms with Crippen LogP contribution in [0.25, 0.3) is 0 Å². The molecule has 9 heavy (non-hydrogen) atoms. The van der Waals surface area contributed by atoms with Crippen LogP contribution in [0.15, 0.2) is 0 Å². The van der Waals surface area contributed by atoms with Gasteiger partial charge in [0.25, 0.3) is 0 Å². The van der Waals surface area contributed by atoms with E-state index in [-0.39, 0.29) is 0 Å². The molecule has 0 unspecified atom stereocenters. The summed E-state index contributed by atoms with van der Waals surface area (Å²) in [4.78, 5) is 0. The molecule has 0 radical (unpaired) electrons. The van der Waals surface area contributed by atoms with Gasteiger partial charge in [0.2, 0.25) is 0 Å². The van der Waals surface area contributed by atoms with Gasteiger partial charge in [-0.15, -0.1) is 0 Å². The van der Waals surface area contributed by atoms with Crippen molar-refractivity contribution >= 4 is 23.0 Å². The summed E-state index contributed by atoms with van der Waals surface area (Å²) >= 11 is 1.95. The molecular formula is C7H15IO. The SMILES string of the molecule is C[C@H](CC(C)(C)C)OI. The van der Waals surface area contributed by atoms with Crippen molar-refractivity contribution in [1.82, 2.24) is 0 Å². The lowest BCUT2D eigenvalue weighted by Gasteiger charge is -2.20. The third-order valence-corrected chi connectivity index (χ3v) is 1.92. The molecule has 0 spiro atoms. The Labute approximate surface area is 71.9 Å². The summed E-state index contributed by atoms with van der Waals surface area (Å²) in [7, 11) is 0. The molecule has 0 amide bonds. The van der Waals surface area contributed by atoms with Crippen molar-refractivity contribution in [1.29, 1.82) is 0 Å². The van der Waals surface area contributed by atoms with Crippen LogP contribution in [0.5, 0.6) is 0 Å². The van der Waals surface area contributed by atoms with E-state index in [9.17, 15) is 0 Å². The van der Waals surface area contributed by atoms with Crippen molar-refractivity contribution < 1.29 is 3.07 Å². The minimum atomic E-state index is 0.380. The molecule has 1 nitrogen and oxygen atoms in total. The van der Waals surface area contributed by atoms with Gasteiger partial charge in [0.15, 0.2) is 0 Å². The fourth-order valence-electron chi connectivity index (χ4n) is 0.894. The van der Waals surface area contributed by atoms with E-state index in [1.54, 1.807) is 0 Å². The van der Waals surface area contributed by atoms with Crippen molar-refractivity contribution in [3.05, 3.63) is 0 Å². The molecule has 0 fully saturated rings. The normalized spacial score (nSPS) is 15.7. The quantitative estimate of drug-likeness (QED) is 0.676. The molecule has 0 aromatic heterocycles. The van der Waals surface area contributed by atoms with Crippen molar-refractivity contribution in [2.45, 2.75) is 40.2 Å². The third-order valence-electron chi connectivity index (χ3n) is 1.05. The highest BCUT2D eigenvalue weighted by atomic mass is 127. The Morgan fingerprint density at radius 3 is 2.00 bits per heavy atom. The summed E-state index contributed by atoms with van der Waals surface area (Å²) in [6.07, 6.45) is 1.50. The molecule has 0 N–H and O–H groups in total. The van der Waals surface area contributed by atoms with Gasteiger partial charge < -0.3 is 3.07 Å². The van der Waals surface area contributed by atoms with E-state index in [1.165, 1.54) is 0 Å². The first kappa shape index (κ1) is 9.69. The first-order valence-corrected chi connectivity index (χ1v) is 4.11. The molecule has 0 saturated carbocycles. The second-order valence-corrected chi connectivity index (χ2v) is 4.17. The first-order chi connectivity index (χ1) is 3.95.